The van der Waals surface area contributed by atoms with Crippen molar-refractivity contribution in [3.05, 3.63) is 60.1 Å². The van der Waals surface area contributed by atoms with Gasteiger partial charge in [0.2, 0.25) is 0 Å². The molecule has 0 fully saturated rings. The molecule has 3 atom stereocenters. The first-order valence-corrected chi connectivity index (χ1v) is 8.86. The van der Waals surface area contributed by atoms with E-state index in [9.17, 15) is 15.3 Å². The van der Waals surface area contributed by atoms with E-state index in [1.165, 1.54) is 10.3 Å². The molecular formula is C20H32O3Ti. The van der Waals surface area contributed by atoms with E-state index in [1.54, 1.807) is 39.0 Å². The molecule has 0 saturated heterocycles. The summed E-state index contributed by atoms with van der Waals surface area (Å²) in [5.41, 5.74) is 0. The Balaban J connectivity index is -0.000000245. The van der Waals surface area contributed by atoms with Crippen LogP contribution in [-0.2, 0) is 20.4 Å². The van der Waals surface area contributed by atoms with Gasteiger partial charge >= 0.3 is 49.0 Å². The van der Waals surface area contributed by atoms with Gasteiger partial charge in [0.15, 0.2) is 0 Å². The Morgan fingerprint density at radius 1 is 0.917 bits per heavy atom. The van der Waals surface area contributed by atoms with Gasteiger partial charge in [0.05, 0.1) is 0 Å². The van der Waals surface area contributed by atoms with E-state index in [2.05, 4.69) is 58.4 Å². The van der Waals surface area contributed by atoms with E-state index in [-0.39, 0.29) is 0 Å². The van der Waals surface area contributed by atoms with Crippen LogP contribution in [0.1, 0.15) is 46.5 Å². The van der Waals surface area contributed by atoms with Gasteiger partial charge in [-0.15, -0.1) is 38.0 Å². The van der Waals surface area contributed by atoms with Crippen molar-refractivity contribution in [2.45, 2.75) is 64.8 Å². The molecule has 134 valence electrons. The van der Waals surface area contributed by atoms with E-state index in [4.69, 9.17) is 0 Å². The molecule has 0 bridgehead atoms. The van der Waals surface area contributed by atoms with E-state index >= 15 is 0 Å². The second kappa shape index (κ2) is 22.3. The molecule has 0 radical (unpaired) electrons. The van der Waals surface area contributed by atoms with Crippen molar-refractivity contribution in [2.24, 2.45) is 0 Å². The molecular weight excluding hydrogens is 336 g/mol. The molecule has 1 aliphatic carbocycles. The first-order chi connectivity index (χ1) is 11.2. The van der Waals surface area contributed by atoms with Crippen LogP contribution in [0.4, 0.5) is 0 Å². The van der Waals surface area contributed by atoms with Gasteiger partial charge in [-0.05, 0) is 19.3 Å². The second-order valence-electron chi connectivity index (χ2n) is 5.33. The normalized spacial score (nSPS) is 14.9. The third-order valence-corrected chi connectivity index (χ3v) is 2.85. The van der Waals surface area contributed by atoms with E-state index in [0.29, 0.717) is 19.3 Å². The zero-order chi connectivity index (χ0) is 19.4. The Bertz CT molecular complexity index is 323. The first-order valence-electron chi connectivity index (χ1n) is 8.08. The predicted octanol–water partition coefficient (Wildman–Crippen LogP) is 2.31. The Morgan fingerprint density at radius 2 is 1.25 bits per heavy atom. The molecule has 24 heavy (non-hydrogen) atoms. The SMILES string of the molecule is C=CCC(C)[O-].C=CCC(C)[O-].C=CCC(C)[O-].[Ti+3][C]1=CC=CC1. The van der Waals surface area contributed by atoms with Crippen LogP contribution in [0.15, 0.2) is 60.1 Å². The van der Waals surface area contributed by atoms with Crippen molar-refractivity contribution in [1.82, 2.24) is 0 Å². The molecule has 3 unspecified atom stereocenters. The van der Waals surface area contributed by atoms with Crippen LogP contribution in [0.5, 0.6) is 0 Å². The number of hydrogen-bond donors (Lipinski definition) is 0. The summed E-state index contributed by atoms with van der Waals surface area (Å²) < 4.78 is 1.47. The average molecular weight is 368 g/mol. The van der Waals surface area contributed by atoms with Crippen LogP contribution in [0.2, 0.25) is 0 Å². The quantitative estimate of drug-likeness (QED) is 0.534. The summed E-state index contributed by atoms with van der Waals surface area (Å²) >= 11 is 2.14. The van der Waals surface area contributed by atoms with Crippen LogP contribution in [0, 0.1) is 0 Å². The average Bonchev–Trinajstić information content (AvgIpc) is 2.91. The Hall–Kier alpha value is -0.706. The monoisotopic (exact) mass is 368 g/mol. The molecule has 1 aliphatic rings. The zero-order valence-electron chi connectivity index (χ0n) is 15.4. The van der Waals surface area contributed by atoms with Gasteiger partial charge < -0.3 is 15.3 Å². The van der Waals surface area contributed by atoms with Crippen molar-refractivity contribution >= 4 is 0 Å². The van der Waals surface area contributed by atoms with E-state index in [0.717, 1.165) is 0 Å². The van der Waals surface area contributed by atoms with E-state index < -0.39 is 18.3 Å². The van der Waals surface area contributed by atoms with Crippen LogP contribution >= 0.6 is 0 Å². The van der Waals surface area contributed by atoms with Crippen molar-refractivity contribution in [2.75, 3.05) is 0 Å². The third kappa shape index (κ3) is 37.5. The van der Waals surface area contributed by atoms with Crippen LogP contribution < -0.4 is 15.3 Å². The summed E-state index contributed by atoms with van der Waals surface area (Å²) in [4.78, 5) is 0. The molecule has 0 spiro atoms. The fraction of sp³-hybridized carbons (Fsp3) is 0.500. The molecule has 4 heteroatoms. The van der Waals surface area contributed by atoms with Crippen molar-refractivity contribution in [3.63, 3.8) is 0 Å². The molecule has 0 saturated carbocycles. The van der Waals surface area contributed by atoms with Gasteiger partial charge in [-0.3, -0.25) is 0 Å². The first kappa shape index (κ1) is 28.1. The Labute approximate surface area is 160 Å². The van der Waals surface area contributed by atoms with Crippen molar-refractivity contribution in [3.8, 4) is 0 Å². The molecule has 3 nitrogen and oxygen atoms in total. The summed E-state index contributed by atoms with van der Waals surface area (Å²) in [7, 11) is 0. The van der Waals surface area contributed by atoms with Gasteiger partial charge in [0.1, 0.15) is 0 Å². The molecule has 0 aliphatic heterocycles. The summed E-state index contributed by atoms with van der Waals surface area (Å²) in [6.07, 6.45) is 12.8. The third-order valence-electron chi connectivity index (χ3n) is 2.27. The van der Waals surface area contributed by atoms with Gasteiger partial charge in [0.25, 0.3) is 0 Å². The van der Waals surface area contributed by atoms with Crippen LogP contribution in [0.3, 0.4) is 0 Å². The summed E-state index contributed by atoms with van der Waals surface area (Å²) in [6, 6.07) is 0. The van der Waals surface area contributed by atoms with Gasteiger partial charge in [-0.2, -0.15) is 0 Å². The molecule has 0 aromatic heterocycles. The zero-order valence-corrected chi connectivity index (χ0v) is 16.9. The topological polar surface area (TPSA) is 69.2 Å². The second-order valence-corrected chi connectivity index (χ2v) is 6.33. The minimum absolute atomic E-state index is 0.470. The molecule has 0 amide bonds. The molecule has 0 aromatic carbocycles. The molecule has 0 N–H and O–H groups in total. The number of hydrogen-bond acceptors (Lipinski definition) is 3. The Kier molecular flexibility index (Phi) is 26.1. The number of rotatable bonds is 6. The summed E-state index contributed by atoms with van der Waals surface area (Å²) in [6.45, 7) is 15.1. The standard InChI is InChI=1S/3C5H9O.C5H5.Ti/c3*1-3-4-5(2)6;1-2-4-5-3-1;/h3*3,5H,1,4H2,2H3;1-3H,4H2;/q3*-1;;+3. The molecule has 0 aromatic rings. The fourth-order valence-electron chi connectivity index (χ4n) is 1.15. The van der Waals surface area contributed by atoms with Gasteiger partial charge in [-0.25, -0.2) is 0 Å². The predicted molar refractivity (Wildman–Crippen MR) is 94.7 cm³/mol. The van der Waals surface area contributed by atoms with Crippen molar-refractivity contribution < 1.29 is 35.8 Å². The van der Waals surface area contributed by atoms with Gasteiger partial charge in [-0.1, -0.05) is 39.0 Å². The van der Waals surface area contributed by atoms with Crippen LogP contribution in [-0.4, -0.2) is 18.3 Å². The Morgan fingerprint density at radius 3 is 1.29 bits per heavy atom. The minimum atomic E-state index is -0.470. The summed E-state index contributed by atoms with van der Waals surface area (Å²) in [5, 5.41) is 30.2. The van der Waals surface area contributed by atoms with Crippen LogP contribution in [0.25, 0.3) is 0 Å². The maximum absolute atomic E-state index is 10.1. The number of allylic oxidation sites excluding steroid dienone is 4. The molecule has 0 heterocycles. The van der Waals surface area contributed by atoms with Crippen molar-refractivity contribution in [1.29, 1.82) is 0 Å². The fourth-order valence-corrected chi connectivity index (χ4v) is 1.49. The van der Waals surface area contributed by atoms with Gasteiger partial charge in [0, 0.05) is 0 Å². The van der Waals surface area contributed by atoms with E-state index in [1.807, 2.05) is 0 Å². The maximum atomic E-state index is 10.1. The molecule has 1 rings (SSSR count). The summed E-state index contributed by atoms with van der Waals surface area (Å²) in [5.74, 6) is 0.